The van der Waals surface area contributed by atoms with Crippen molar-refractivity contribution < 1.29 is 19.8 Å². The van der Waals surface area contributed by atoms with E-state index >= 15 is 0 Å². The number of ketones is 1. The van der Waals surface area contributed by atoms with Crippen LogP contribution < -0.4 is 0 Å². The summed E-state index contributed by atoms with van der Waals surface area (Å²) in [6, 6.07) is 0. The first-order valence-corrected chi connectivity index (χ1v) is 9.68. The molecule has 2 rings (SSSR count). The van der Waals surface area contributed by atoms with E-state index in [4.69, 9.17) is 11.6 Å². The molecule has 0 aromatic heterocycles. The van der Waals surface area contributed by atoms with Gasteiger partial charge in [0, 0.05) is 16.9 Å². The molecule has 0 bridgehead atoms. The molecule has 0 heterocycles. The van der Waals surface area contributed by atoms with Crippen molar-refractivity contribution in [2.24, 2.45) is 17.3 Å². The van der Waals surface area contributed by atoms with Gasteiger partial charge in [-0.15, -0.1) is 0 Å². The molecule has 1 aromatic carbocycles. The number of halogens is 1. The summed E-state index contributed by atoms with van der Waals surface area (Å²) in [5.41, 5.74) is 1.27. The maximum atomic E-state index is 12.1. The summed E-state index contributed by atoms with van der Waals surface area (Å²) >= 11 is 6.09. The van der Waals surface area contributed by atoms with Crippen LogP contribution in [0.4, 0.5) is 0 Å². The van der Waals surface area contributed by atoms with E-state index in [1.165, 1.54) is 0 Å². The topological polar surface area (TPSA) is 74.6 Å². The highest BCUT2D eigenvalue weighted by Crippen LogP contribution is 2.42. The lowest BCUT2D eigenvalue weighted by atomic mass is 9.64. The van der Waals surface area contributed by atoms with Crippen LogP contribution in [0.5, 0.6) is 11.5 Å². The van der Waals surface area contributed by atoms with Gasteiger partial charge in [-0.2, -0.15) is 0 Å². The van der Waals surface area contributed by atoms with Crippen LogP contribution in [0.1, 0.15) is 49.2 Å². The fourth-order valence-electron chi connectivity index (χ4n) is 3.45. The Hall–Kier alpha value is -2.33. The van der Waals surface area contributed by atoms with Gasteiger partial charge in [0.15, 0.2) is 12.1 Å². The van der Waals surface area contributed by atoms with E-state index in [9.17, 15) is 19.8 Å². The number of carbonyl (C=O) groups is 2. The first-order chi connectivity index (χ1) is 13.0. The fraction of sp³-hybridized carbons (Fsp3) is 0.391. The van der Waals surface area contributed by atoms with Gasteiger partial charge in [0.1, 0.15) is 11.5 Å². The zero-order valence-corrected chi connectivity index (χ0v) is 17.7. The molecule has 28 heavy (non-hydrogen) atoms. The SMILES string of the molecule is CC(/C=C/[C@]1(C)[C@H](C)C=CC(=O)[C@@H]1C)=C\Cc1c(O)c(Cl)c(C)c(C=O)c1O. The second-order valence-corrected chi connectivity index (χ2v) is 8.15. The number of rotatable bonds is 5. The third kappa shape index (κ3) is 3.93. The number of hydrogen-bond donors (Lipinski definition) is 2. The Morgan fingerprint density at radius 3 is 2.54 bits per heavy atom. The summed E-state index contributed by atoms with van der Waals surface area (Å²) in [6.07, 6.45) is 10.2. The zero-order valence-electron chi connectivity index (χ0n) is 16.9. The molecule has 0 saturated carbocycles. The average molecular weight is 403 g/mol. The third-order valence-corrected chi connectivity index (χ3v) is 6.57. The summed E-state index contributed by atoms with van der Waals surface area (Å²) in [5.74, 6) is -0.233. The summed E-state index contributed by atoms with van der Waals surface area (Å²) in [5, 5.41) is 20.7. The van der Waals surface area contributed by atoms with Gasteiger partial charge in [0.25, 0.3) is 0 Å². The van der Waals surface area contributed by atoms with Crippen LogP contribution in [0.3, 0.4) is 0 Å². The van der Waals surface area contributed by atoms with Crippen LogP contribution in [0.15, 0.2) is 36.0 Å². The molecule has 2 N–H and O–H groups in total. The van der Waals surface area contributed by atoms with Crippen molar-refractivity contribution in [3.8, 4) is 11.5 Å². The van der Waals surface area contributed by atoms with Crippen LogP contribution in [0, 0.1) is 24.2 Å². The molecule has 0 amide bonds. The second kappa shape index (κ2) is 8.36. The zero-order chi connectivity index (χ0) is 21.2. The van der Waals surface area contributed by atoms with E-state index in [0.29, 0.717) is 11.8 Å². The molecule has 150 valence electrons. The van der Waals surface area contributed by atoms with E-state index in [-0.39, 0.29) is 57.1 Å². The predicted octanol–water partition coefficient (Wildman–Crippen LogP) is 5.33. The van der Waals surface area contributed by atoms with Crippen LogP contribution in [-0.4, -0.2) is 22.3 Å². The highest BCUT2D eigenvalue weighted by Gasteiger charge is 2.39. The van der Waals surface area contributed by atoms with Gasteiger partial charge < -0.3 is 10.2 Å². The number of carbonyl (C=O) groups excluding carboxylic acids is 2. The van der Waals surface area contributed by atoms with E-state index in [0.717, 1.165) is 5.57 Å². The molecular formula is C23H27ClO4. The number of hydrogen-bond acceptors (Lipinski definition) is 4. The normalized spacial score (nSPS) is 25.5. The summed E-state index contributed by atoms with van der Waals surface area (Å²) in [6.45, 7) is 9.58. The Morgan fingerprint density at radius 1 is 1.29 bits per heavy atom. The monoisotopic (exact) mass is 402 g/mol. The summed E-state index contributed by atoms with van der Waals surface area (Å²) < 4.78 is 0. The van der Waals surface area contributed by atoms with Gasteiger partial charge in [0.2, 0.25) is 0 Å². The maximum absolute atomic E-state index is 12.1. The van der Waals surface area contributed by atoms with Gasteiger partial charge in [-0.1, -0.05) is 62.2 Å². The average Bonchev–Trinajstić information content (AvgIpc) is 2.66. The molecule has 3 atom stereocenters. The van der Waals surface area contributed by atoms with Gasteiger partial charge >= 0.3 is 0 Å². The lowest BCUT2D eigenvalue weighted by Gasteiger charge is -2.38. The smallest absolute Gasteiger partial charge is 0.159 e. The molecule has 5 heteroatoms. The molecule has 1 aliphatic carbocycles. The van der Waals surface area contributed by atoms with E-state index in [2.05, 4.69) is 13.8 Å². The molecular weight excluding hydrogens is 376 g/mol. The van der Waals surface area contributed by atoms with E-state index < -0.39 is 0 Å². The number of aldehydes is 1. The van der Waals surface area contributed by atoms with Crippen molar-refractivity contribution >= 4 is 23.7 Å². The van der Waals surface area contributed by atoms with E-state index in [1.807, 2.05) is 38.2 Å². The van der Waals surface area contributed by atoms with Crippen molar-refractivity contribution in [2.75, 3.05) is 0 Å². The number of aromatic hydroxyl groups is 2. The second-order valence-electron chi connectivity index (χ2n) is 7.77. The number of benzene rings is 1. The largest absolute Gasteiger partial charge is 0.507 e. The Balaban J connectivity index is 2.30. The number of phenols is 2. The molecule has 0 aliphatic heterocycles. The number of phenolic OH excluding ortho intramolecular Hbond substituents is 2. The predicted molar refractivity (Wildman–Crippen MR) is 112 cm³/mol. The molecule has 1 aliphatic rings. The number of allylic oxidation sites excluding steroid dienone is 6. The Kier molecular flexibility index (Phi) is 6.56. The van der Waals surface area contributed by atoms with Crippen molar-refractivity contribution in [3.63, 3.8) is 0 Å². The van der Waals surface area contributed by atoms with Crippen molar-refractivity contribution in [1.29, 1.82) is 0 Å². The standard InChI is InChI=1S/C23H27ClO4/c1-13(10-11-23(5)14(2)7-9-19(26)16(23)4)6-8-17-21(27)18(12-25)15(3)20(24)22(17)28/h6-7,9-12,14,16,27-28H,8H2,1-5H3/b11-10+,13-6+/t14-,16+,23-/m1/s1. The van der Waals surface area contributed by atoms with E-state index in [1.54, 1.807) is 13.0 Å². The highest BCUT2D eigenvalue weighted by atomic mass is 35.5. The van der Waals surface area contributed by atoms with Gasteiger partial charge in [-0.25, -0.2) is 0 Å². The Morgan fingerprint density at radius 2 is 1.93 bits per heavy atom. The Bertz CT molecular complexity index is 895. The highest BCUT2D eigenvalue weighted by molar-refractivity contribution is 6.33. The summed E-state index contributed by atoms with van der Waals surface area (Å²) in [4.78, 5) is 23.3. The molecule has 1 aromatic rings. The summed E-state index contributed by atoms with van der Waals surface area (Å²) in [7, 11) is 0. The first kappa shape index (κ1) is 22.0. The van der Waals surface area contributed by atoms with Crippen molar-refractivity contribution in [2.45, 2.75) is 41.0 Å². The molecule has 4 nitrogen and oxygen atoms in total. The Labute approximate surface area is 171 Å². The third-order valence-electron chi connectivity index (χ3n) is 6.11. The van der Waals surface area contributed by atoms with Crippen LogP contribution in [0.25, 0.3) is 0 Å². The lowest BCUT2D eigenvalue weighted by molar-refractivity contribution is -0.121. The molecule has 0 saturated heterocycles. The minimum atomic E-state index is -0.289. The van der Waals surface area contributed by atoms with Crippen LogP contribution in [0.2, 0.25) is 5.02 Å². The van der Waals surface area contributed by atoms with Gasteiger partial charge in [0.05, 0.1) is 10.6 Å². The van der Waals surface area contributed by atoms with Crippen LogP contribution >= 0.6 is 11.6 Å². The van der Waals surface area contributed by atoms with Crippen molar-refractivity contribution in [1.82, 2.24) is 0 Å². The lowest BCUT2D eigenvalue weighted by Crippen LogP contribution is -2.37. The minimum absolute atomic E-state index is 0.0687. The van der Waals surface area contributed by atoms with Crippen molar-refractivity contribution in [3.05, 3.63) is 57.7 Å². The minimum Gasteiger partial charge on any atom is -0.507 e. The van der Waals surface area contributed by atoms with Gasteiger partial charge in [-0.05, 0) is 37.8 Å². The first-order valence-electron chi connectivity index (χ1n) is 9.30. The van der Waals surface area contributed by atoms with Gasteiger partial charge in [-0.3, -0.25) is 9.59 Å². The van der Waals surface area contributed by atoms with Crippen LogP contribution in [-0.2, 0) is 11.2 Å². The quantitative estimate of drug-likeness (QED) is 0.515. The molecule has 0 fully saturated rings. The maximum Gasteiger partial charge on any atom is 0.159 e. The molecule has 0 radical (unpaired) electrons. The molecule has 0 unspecified atom stereocenters. The molecule has 0 spiro atoms. The fourth-order valence-corrected chi connectivity index (χ4v) is 3.66.